The lowest BCUT2D eigenvalue weighted by Gasteiger charge is -2.27. The molecule has 0 aromatic carbocycles. The van der Waals surface area contributed by atoms with E-state index >= 15 is 0 Å². The van der Waals surface area contributed by atoms with Crippen molar-refractivity contribution in [3.63, 3.8) is 0 Å². The molecule has 1 aliphatic heterocycles. The van der Waals surface area contributed by atoms with Crippen molar-refractivity contribution in [2.24, 2.45) is 5.92 Å². The van der Waals surface area contributed by atoms with Crippen LogP contribution in [0, 0.1) is 5.92 Å². The van der Waals surface area contributed by atoms with Crippen molar-refractivity contribution in [2.45, 2.75) is 52.0 Å². The van der Waals surface area contributed by atoms with Gasteiger partial charge in [-0.15, -0.1) is 0 Å². The number of nitrogens with zero attached hydrogens (tertiary/aromatic N) is 1. The van der Waals surface area contributed by atoms with E-state index in [9.17, 15) is 0 Å². The van der Waals surface area contributed by atoms with Crippen LogP contribution >= 0.6 is 0 Å². The predicted octanol–water partition coefficient (Wildman–Crippen LogP) is 3.46. The Morgan fingerprint density at radius 1 is 1.36 bits per heavy atom. The van der Waals surface area contributed by atoms with Gasteiger partial charge in [0.1, 0.15) is 0 Å². The van der Waals surface area contributed by atoms with E-state index in [0.717, 1.165) is 12.0 Å². The fourth-order valence-electron chi connectivity index (χ4n) is 2.21. The summed E-state index contributed by atoms with van der Waals surface area (Å²) in [4.78, 5) is 2.51. The molecule has 0 bridgehead atoms. The van der Waals surface area contributed by atoms with Crippen LogP contribution in [0.3, 0.4) is 0 Å². The van der Waals surface area contributed by atoms with Gasteiger partial charge in [-0.05, 0) is 45.7 Å². The van der Waals surface area contributed by atoms with Crippen LogP contribution in [0.5, 0.6) is 0 Å². The maximum absolute atomic E-state index is 2.51. The molecule has 1 heteroatoms. The Labute approximate surface area is 89.2 Å². The van der Waals surface area contributed by atoms with Gasteiger partial charge in [0.25, 0.3) is 0 Å². The summed E-state index contributed by atoms with van der Waals surface area (Å²) in [5.74, 6) is 0.786. The molecule has 0 N–H and O–H groups in total. The Morgan fingerprint density at radius 2 is 2.14 bits per heavy atom. The highest BCUT2D eigenvalue weighted by Gasteiger charge is 2.20. The Morgan fingerprint density at radius 3 is 2.86 bits per heavy atom. The molecular weight excluding hydrogens is 170 g/mol. The zero-order valence-corrected chi connectivity index (χ0v) is 10.00. The van der Waals surface area contributed by atoms with Crippen LogP contribution in [0.15, 0.2) is 12.2 Å². The first-order valence-corrected chi connectivity index (χ1v) is 6.12. The average molecular weight is 195 g/mol. The molecule has 1 saturated heterocycles. The summed E-state index contributed by atoms with van der Waals surface area (Å²) < 4.78 is 0. The topological polar surface area (TPSA) is 3.24 Å². The molecule has 82 valence electrons. The smallest absolute Gasteiger partial charge is 0.0127 e. The first-order chi connectivity index (χ1) is 6.75. The van der Waals surface area contributed by atoms with E-state index in [1.165, 1.54) is 38.6 Å². The monoisotopic (exact) mass is 195 g/mol. The highest BCUT2D eigenvalue weighted by atomic mass is 15.1. The van der Waals surface area contributed by atoms with Crippen LogP contribution in [0.1, 0.15) is 46.0 Å². The molecule has 14 heavy (non-hydrogen) atoms. The SMILES string of the molecule is CCCC=CC1CCCCN(C)C1C. The number of rotatable bonds is 3. The quantitative estimate of drug-likeness (QED) is 0.623. The third-order valence-corrected chi connectivity index (χ3v) is 3.45. The largest absolute Gasteiger partial charge is 0.303 e. The predicted molar refractivity (Wildman–Crippen MR) is 63.5 cm³/mol. The number of likely N-dealkylation sites (tertiary alicyclic amines) is 1. The van der Waals surface area contributed by atoms with Crippen LogP contribution in [0.2, 0.25) is 0 Å². The van der Waals surface area contributed by atoms with Crippen molar-refractivity contribution < 1.29 is 0 Å². The lowest BCUT2D eigenvalue weighted by molar-refractivity contribution is 0.231. The fraction of sp³-hybridized carbons (Fsp3) is 0.846. The second-order valence-corrected chi connectivity index (χ2v) is 4.60. The van der Waals surface area contributed by atoms with Gasteiger partial charge < -0.3 is 4.90 Å². The van der Waals surface area contributed by atoms with Crippen LogP contribution < -0.4 is 0 Å². The molecule has 1 fully saturated rings. The average Bonchev–Trinajstić information content (AvgIpc) is 2.33. The summed E-state index contributed by atoms with van der Waals surface area (Å²) in [6.45, 7) is 5.89. The van der Waals surface area contributed by atoms with Gasteiger partial charge in [-0.1, -0.05) is 31.9 Å². The van der Waals surface area contributed by atoms with Gasteiger partial charge >= 0.3 is 0 Å². The fourth-order valence-corrected chi connectivity index (χ4v) is 2.21. The molecule has 0 aromatic heterocycles. The Balaban J connectivity index is 2.47. The van der Waals surface area contributed by atoms with Crippen LogP contribution in [0.25, 0.3) is 0 Å². The molecule has 0 saturated carbocycles. The maximum atomic E-state index is 2.51. The normalized spacial score (nSPS) is 30.8. The van der Waals surface area contributed by atoms with E-state index in [1.54, 1.807) is 0 Å². The Hall–Kier alpha value is -0.300. The van der Waals surface area contributed by atoms with E-state index in [2.05, 4.69) is 37.9 Å². The minimum absolute atomic E-state index is 0.727. The van der Waals surface area contributed by atoms with Gasteiger partial charge in [0.2, 0.25) is 0 Å². The van der Waals surface area contributed by atoms with E-state index in [1.807, 2.05) is 0 Å². The van der Waals surface area contributed by atoms with E-state index in [4.69, 9.17) is 0 Å². The molecule has 1 aliphatic rings. The molecule has 0 radical (unpaired) electrons. The second kappa shape index (κ2) is 6.23. The molecule has 0 spiro atoms. The molecule has 2 unspecified atom stereocenters. The molecule has 0 amide bonds. The van der Waals surface area contributed by atoms with E-state index in [-0.39, 0.29) is 0 Å². The summed E-state index contributed by atoms with van der Waals surface area (Å²) in [6.07, 6.45) is 11.5. The Bertz CT molecular complexity index is 174. The highest BCUT2D eigenvalue weighted by Crippen LogP contribution is 2.22. The zero-order valence-electron chi connectivity index (χ0n) is 10.00. The maximum Gasteiger partial charge on any atom is 0.0127 e. The molecular formula is C13H25N. The number of hydrogen-bond acceptors (Lipinski definition) is 1. The Kier molecular flexibility index (Phi) is 5.24. The van der Waals surface area contributed by atoms with Gasteiger partial charge in [-0.25, -0.2) is 0 Å². The van der Waals surface area contributed by atoms with Gasteiger partial charge in [-0.2, -0.15) is 0 Å². The summed E-state index contributed by atoms with van der Waals surface area (Å²) in [5.41, 5.74) is 0. The first-order valence-electron chi connectivity index (χ1n) is 6.12. The number of hydrogen-bond donors (Lipinski definition) is 0. The lowest BCUT2D eigenvalue weighted by atomic mass is 9.95. The molecule has 1 heterocycles. The van der Waals surface area contributed by atoms with Crippen molar-refractivity contribution in [3.05, 3.63) is 12.2 Å². The zero-order chi connectivity index (χ0) is 10.4. The van der Waals surface area contributed by atoms with Crippen molar-refractivity contribution in [3.8, 4) is 0 Å². The lowest BCUT2D eigenvalue weighted by Crippen LogP contribution is -2.33. The number of unbranched alkanes of at least 4 members (excludes halogenated alkanes) is 1. The minimum Gasteiger partial charge on any atom is -0.303 e. The first kappa shape index (κ1) is 11.8. The van der Waals surface area contributed by atoms with Gasteiger partial charge in [0.05, 0.1) is 0 Å². The van der Waals surface area contributed by atoms with Crippen molar-refractivity contribution in [1.29, 1.82) is 0 Å². The summed E-state index contributed by atoms with van der Waals surface area (Å²) in [7, 11) is 2.26. The van der Waals surface area contributed by atoms with Crippen LogP contribution in [-0.2, 0) is 0 Å². The van der Waals surface area contributed by atoms with Crippen molar-refractivity contribution in [2.75, 3.05) is 13.6 Å². The third-order valence-electron chi connectivity index (χ3n) is 3.45. The van der Waals surface area contributed by atoms with Crippen molar-refractivity contribution in [1.82, 2.24) is 4.90 Å². The van der Waals surface area contributed by atoms with Crippen molar-refractivity contribution >= 4 is 0 Å². The molecule has 2 atom stereocenters. The van der Waals surface area contributed by atoms with Gasteiger partial charge in [-0.3, -0.25) is 0 Å². The summed E-state index contributed by atoms with van der Waals surface area (Å²) in [5, 5.41) is 0. The van der Waals surface area contributed by atoms with Crippen LogP contribution in [0.4, 0.5) is 0 Å². The van der Waals surface area contributed by atoms with E-state index in [0.29, 0.717) is 0 Å². The number of allylic oxidation sites excluding steroid dienone is 1. The van der Waals surface area contributed by atoms with E-state index < -0.39 is 0 Å². The van der Waals surface area contributed by atoms with Gasteiger partial charge in [0.15, 0.2) is 0 Å². The third kappa shape index (κ3) is 3.45. The molecule has 0 aromatic rings. The summed E-state index contributed by atoms with van der Waals surface area (Å²) in [6, 6.07) is 0.727. The van der Waals surface area contributed by atoms with Gasteiger partial charge in [0, 0.05) is 6.04 Å². The summed E-state index contributed by atoms with van der Waals surface area (Å²) >= 11 is 0. The molecule has 1 rings (SSSR count). The minimum atomic E-state index is 0.727. The molecule has 1 nitrogen and oxygen atoms in total. The van der Waals surface area contributed by atoms with Crippen LogP contribution in [-0.4, -0.2) is 24.5 Å². The highest BCUT2D eigenvalue weighted by molar-refractivity contribution is 4.94. The standard InChI is InChI=1S/C13H25N/c1-4-5-6-9-13-10-7-8-11-14(3)12(13)2/h6,9,12-13H,4-5,7-8,10-11H2,1-3H3. The second-order valence-electron chi connectivity index (χ2n) is 4.60. The molecule has 0 aliphatic carbocycles.